The normalized spacial score (nSPS) is 12.3. The van der Waals surface area contributed by atoms with Crippen LogP contribution in [0.1, 0.15) is 18.5 Å². The fraction of sp³-hybridized carbons (Fsp3) is 0.286. The molecule has 1 atom stereocenters. The highest BCUT2D eigenvalue weighted by atomic mass is 79.9. The van der Waals surface area contributed by atoms with Crippen LogP contribution in [0.3, 0.4) is 0 Å². The van der Waals surface area contributed by atoms with E-state index in [1.165, 1.54) is 16.8 Å². The van der Waals surface area contributed by atoms with Gasteiger partial charge in [-0.15, -0.1) is 0 Å². The Morgan fingerprint density at radius 1 is 1.45 bits per heavy atom. The lowest BCUT2D eigenvalue weighted by Crippen LogP contribution is -2.24. The van der Waals surface area contributed by atoms with E-state index < -0.39 is 18.6 Å². The summed E-state index contributed by atoms with van der Waals surface area (Å²) in [6.07, 6.45) is 3.21. The molecule has 1 heterocycles. The number of anilines is 1. The lowest BCUT2D eigenvalue weighted by Gasteiger charge is -2.16. The zero-order valence-electron chi connectivity index (χ0n) is 11.9. The van der Waals surface area contributed by atoms with Crippen LogP contribution < -0.4 is 10.1 Å². The van der Waals surface area contributed by atoms with Gasteiger partial charge in [-0.1, -0.05) is 6.07 Å². The van der Waals surface area contributed by atoms with E-state index in [0.717, 1.165) is 10.0 Å². The first-order valence-electron chi connectivity index (χ1n) is 6.43. The molecule has 1 unspecified atom stereocenters. The molecule has 1 aromatic carbocycles. The summed E-state index contributed by atoms with van der Waals surface area (Å²) in [5.74, 6) is -0.462. The number of nitrogens with zero attached hydrogens (tertiary/aromatic N) is 2. The molecule has 0 saturated heterocycles. The Labute approximate surface area is 134 Å². The molecule has 5 nitrogen and oxygen atoms in total. The van der Waals surface area contributed by atoms with Crippen molar-refractivity contribution >= 4 is 27.5 Å². The maximum absolute atomic E-state index is 12.4. The van der Waals surface area contributed by atoms with Crippen LogP contribution in [-0.2, 0) is 4.79 Å². The molecule has 2 aromatic rings. The summed E-state index contributed by atoms with van der Waals surface area (Å²) in [7, 11) is 0. The molecule has 22 heavy (non-hydrogen) atoms. The number of rotatable bonds is 5. The summed E-state index contributed by atoms with van der Waals surface area (Å²) < 4.78 is 31.5. The molecular formula is C14H14BrF2N3O2. The number of benzene rings is 1. The maximum atomic E-state index is 12.4. The zero-order valence-corrected chi connectivity index (χ0v) is 13.5. The van der Waals surface area contributed by atoms with Gasteiger partial charge in [-0.25, -0.2) is 0 Å². The van der Waals surface area contributed by atoms with Crippen molar-refractivity contribution in [3.8, 4) is 5.75 Å². The first-order chi connectivity index (χ1) is 10.4. The van der Waals surface area contributed by atoms with E-state index in [0.29, 0.717) is 0 Å². The predicted octanol–water partition coefficient (Wildman–Crippen LogP) is 3.76. The summed E-state index contributed by atoms with van der Waals surface area (Å²) in [5.41, 5.74) is 0.937. The van der Waals surface area contributed by atoms with Crippen LogP contribution in [0.15, 0.2) is 35.1 Å². The first kappa shape index (κ1) is 16.4. The van der Waals surface area contributed by atoms with Crippen LogP contribution >= 0.6 is 15.9 Å². The van der Waals surface area contributed by atoms with E-state index >= 15 is 0 Å². The number of halogens is 3. The first-order valence-corrected chi connectivity index (χ1v) is 7.22. The van der Waals surface area contributed by atoms with E-state index in [1.54, 1.807) is 32.3 Å². The second-order valence-electron chi connectivity index (χ2n) is 4.68. The van der Waals surface area contributed by atoms with Crippen LogP contribution in [0.4, 0.5) is 14.5 Å². The Bertz CT molecular complexity index is 676. The standard InChI is InChI=1S/C14H14BrF2N3O2/c1-8-3-4-11(12(5-8)22-14(16)17)19-13(21)9(2)20-7-10(15)6-18-20/h3-7,9,14H,1-2H3,(H,19,21). The summed E-state index contributed by atoms with van der Waals surface area (Å²) in [5, 5.41) is 6.60. The molecule has 1 amide bonds. The highest BCUT2D eigenvalue weighted by Gasteiger charge is 2.18. The van der Waals surface area contributed by atoms with E-state index in [9.17, 15) is 13.6 Å². The molecule has 0 aliphatic carbocycles. The highest BCUT2D eigenvalue weighted by Crippen LogP contribution is 2.28. The molecule has 8 heteroatoms. The number of carbonyl (C=O) groups excluding carboxylic acids is 1. The summed E-state index contributed by atoms with van der Waals surface area (Å²) in [6, 6.07) is 4.06. The minimum Gasteiger partial charge on any atom is -0.433 e. The minimum absolute atomic E-state index is 0.0720. The Kier molecular flexibility index (Phi) is 5.12. The molecule has 118 valence electrons. The van der Waals surface area contributed by atoms with Crippen LogP contribution in [-0.4, -0.2) is 22.3 Å². The molecule has 0 aliphatic heterocycles. The smallest absolute Gasteiger partial charge is 0.387 e. The van der Waals surface area contributed by atoms with Gasteiger partial charge in [-0.05, 0) is 47.5 Å². The minimum atomic E-state index is -2.96. The van der Waals surface area contributed by atoms with Gasteiger partial charge in [0, 0.05) is 6.20 Å². The van der Waals surface area contributed by atoms with Crippen LogP contribution in [0, 0.1) is 6.92 Å². The van der Waals surface area contributed by atoms with Gasteiger partial charge >= 0.3 is 6.61 Å². The fourth-order valence-electron chi connectivity index (χ4n) is 1.81. The molecule has 0 saturated carbocycles. The SMILES string of the molecule is Cc1ccc(NC(=O)C(C)n2cc(Br)cn2)c(OC(F)F)c1. The molecule has 0 fully saturated rings. The van der Waals surface area contributed by atoms with Crippen LogP contribution in [0.5, 0.6) is 5.75 Å². The largest absolute Gasteiger partial charge is 0.433 e. The Morgan fingerprint density at radius 3 is 2.77 bits per heavy atom. The number of nitrogens with one attached hydrogen (secondary N) is 1. The molecule has 0 spiro atoms. The summed E-state index contributed by atoms with van der Waals surface area (Å²) in [4.78, 5) is 12.2. The van der Waals surface area contributed by atoms with Gasteiger partial charge in [0.1, 0.15) is 11.8 Å². The second-order valence-corrected chi connectivity index (χ2v) is 5.60. The number of hydrogen-bond donors (Lipinski definition) is 1. The average Bonchev–Trinajstić information content (AvgIpc) is 2.87. The van der Waals surface area contributed by atoms with Crippen molar-refractivity contribution in [1.29, 1.82) is 0 Å². The number of alkyl halides is 2. The van der Waals surface area contributed by atoms with Gasteiger partial charge in [0.15, 0.2) is 0 Å². The van der Waals surface area contributed by atoms with E-state index in [-0.39, 0.29) is 11.4 Å². The topological polar surface area (TPSA) is 56.2 Å². The van der Waals surface area contributed by atoms with Crippen molar-refractivity contribution in [2.75, 3.05) is 5.32 Å². The van der Waals surface area contributed by atoms with E-state index in [1.807, 2.05) is 0 Å². The molecule has 0 radical (unpaired) electrons. The Hall–Kier alpha value is -1.96. The number of aryl methyl sites for hydroxylation is 1. The molecular weight excluding hydrogens is 360 g/mol. The molecule has 2 rings (SSSR count). The highest BCUT2D eigenvalue weighted by molar-refractivity contribution is 9.10. The number of hydrogen-bond acceptors (Lipinski definition) is 3. The third kappa shape index (κ3) is 4.03. The van der Waals surface area contributed by atoms with Gasteiger partial charge < -0.3 is 10.1 Å². The van der Waals surface area contributed by atoms with Gasteiger partial charge in [0.25, 0.3) is 0 Å². The summed E-state index contributed by atoms with van der Waals surface area (Å²) >= 11 is 3.24. The van der Waals surface area contributed by atoms with Gasteiger partial charge in [-0.2, -0.15) is 13.9 Å². The maximum Gasteiger partial charge on any atom is 0.387 e. The molecule has 1 aromatic heterocycles. The number of carbonyl (C=O) groups is 1. The van der Waals surface area contributed by atoms with Crippen molar-refractivity contribution in [3.63, 3.8) is 0 Å². The summed E-state index contributed by atoms with van der Waals surface area (Å²) in [6.45, 7) is 0.432. The van der Waals surface area contributed by atoms with E-state index in [4.69, 9.17) is 0 Å². The molecule has 0 bridgehead atoms. The van der Waals surface area contributed by atoms with Crippen molar-refractivity contribution in [2.45, 2.75) is 26.5 Å². The third-order valence-electron chi connectivity index (χ3n) is 2.96. The van der Waals surface area contributed by atoms with Gasteiger partial charge in [0.05, 0.1) is 16.4 Å². The van der Waals surface area contributed by atoms with Crippen molar-refractivity contribution < 1.29 is 18.3 Å². The van der Waals surface area contributed by atoms with E-state index in [2.05, 4.69) is 31.1 Å². The average molecular weight is 374 g/mol. The monoisotopic (exact) mass is 373 g/mol. The van der Waals surface area contributed by atoms with Gasteiger partial charge in [0.2, 0.25) is 5.91 Å². The quantitative estimate of drug-likeness (QED) is 0.867. The molecule has 0 aliphatic rings. The number of ether oxygens (including phenoxy) is 1. The Morgan fingerprint density at radius 2 is 2.18 bits per heavy atom. The third-order valence-corrected chi connectivity index (χ3v) is 3.37. The molecule has 1 N–H and O–H groups in total. The fourth-order valence-corrected chi connectivity index (χ4v) is 2.11. The number of amides is 1. The number of aromatic nitrogens is 2. The van der Waals surface area contributed by atoms with Crippen molar-refractivity contribution in [3.05, 3.63) is 40.6 Å². The van der Waals surface area contributed by atoms with Crippen LogP contribution in [0.2, 0.25) is 0 Å². The predicted molar refractivity (Wildman–Crippen MR) is 81.1 cm³/mol. The zero-order chi connectivity index (χ0) is 16.3. The van der Waals surface area contributed by atoms with Crippen LogP contribution in [0.25, 0.3) is 0 Å². The van der Waals surface area contributed by atoms with Crippen molar-refractivity contribution in [2.24, 2.45) is 0 Å². The van der Waals surface area contributed by atoms with Crippen molar-refractivity contribution in [1.82, 2.24) is 9.78 Å². The lowest BCUT2D eigenvalue weighted by molar-refractivity contribution is -0.119. The second kappa shape index (κ2) is 6.87. The lowest BCUT2D eigenvalue weighted by atomic mass is 10.2. The van der Waals surface area contributed by atoms with Gasteiger partial charge in [-0.3, -0.25) is 9.48 Å². The Balaban J connectivity index is 2.17.